The van der Waals surface area contributed by atoms with E-state index in [1.54, 1.807) is 7.11 Å². The molecule has 1 heterocycles. The zero-order valence-electron chi connectivity index (χ0n) is 16.9. The van der Waals surface area contributed by atoms with E-state index in [1.807, 2.05) is 50.2 Å². The molecular weight excluding hydrogens is 388 g/mol. The number of carbonyl (C=O) groups is 1. The van der Waals surface area contributed by atoms with E-state index in [4.69, 9.17) is 21.1 Å². The first-order valence-corrected chi connectivity index (χ1v) is 10.3. The molecule has 2 aromatic rings. The van der Waals surface area contributed by atoms with Crippen LogP contribution in [-0.4, -0.2) is 29.9 Å². The third-order valence-electron chi connectivity index (χ3n) is 6.31. The van der Waals surface area contributed by atoms with Crippen LogP contribution in [0.4, 0.5) is 0 Å². The molecule has 0 saturated heterocycles. The summed E-state index contributed by atoms with van der Waals surface area (Å²) >= 11 is 6.03. The molecule has 29 heavy (non-hydrogen) atoms. The van der Waals surface area contributed by atoms with E-state index >= 15 is 0 Å². The Labute approximate surface area is 176 Å². The van der Waals surface area contributed by atoms with Gasteiger partial charge in [-0.25, -0.2) is 4.79 Å². The summed E-state index contributed by atoms with van der Waals surface area (Å²) in [7, 11) is 1.69. The Morgan fingerprint density at radius 2 is 1.76 bits per heavy atom. The van der Waals surface area contributed by atoms with Crippen LogP contribution in [0.25, 0.3) is 16.7 Å². The fraction of sp³-hybridized carbons (Fsp3) is 0.375. The van der Waals surface area contributed by atoms with E-state index in [2.05, 4.69) is 0 Å². The number of rotatable bonds is 3. The Hall–Kier alpha value is -2.30. The summed E-state index contributed by atoms with van der Waals surface area (Å²) < 4.78 is 11.2. The lowest BCUT2D eigenvalue weighted by atomic mass is 9.80. The predicted molar refractivity (Wildman–Crippen MR) is 114 cm³/mol. The van der Waals surface area contributed by atoms with Crippen molar-refractivity contribution in [1.29, 1.82) is 0 Å². The van der Waals surface area contributed by atoms with Gasteiger partial charge in [0.2, 0.25) is 0 Å². The number of halogens is 1. The topological polar surface area (TPSA) is 55.8 Å². The van der Waals surface area contributed by atoms with Gasteiger partial charge in [0.05, 0.1) is 6.10 Å². The highest BCUT2D eigenvalue weighted by Crippen LogP contribution is 2.47. The van der Waals surface area contributed by atoms with Gasteiger partial charge in [0.15, 0.2) is 11.4 Å². The van der Waals surface area contributed by atoms with Gasteiger partial charge in [-0.3, -0.25) is 0 Å². The normalized spacial score (nSPS) is 24.3. The minimum Gasteiger partial charge on any atom is -0.507 e. The van der Waals surface area contributed by atoms with Gasteiger partial charge in [-0.1, -0.05) is 35.9 Å². The molecule has 1 N–H and O–H groups in total. The molecule has 0 atom stereocenters. The van der Waals surface area contributed by atoms with Crippen LogP contribution in [0.5, 0.6) is 0 Å². The number of aliphatic hydroxyl groups excluding tert-OH is 1. The van der Waals surface area contributed by atoms with E-state index in [-0.39, 0.29) is 11.9 Å². The number of esters is 1. The summed E-state index contributed by atoms with van der Waals surface area (Å²) in [6.07, 6.45) is 2.80. The van der Waals surface area contributed by atoms with E-state index in [9.17, 15) is 9.90 Å². The fourth-order valence-corrected chi connectivity index (χ4v) is 4.75. The molecular formula is C24H25ClO4. The molecule has 4 nitrogen and oxygen atoms in total. The van der Waals surface area contributed by atoms with Crippen LogP contribution in [0, 0.1) is 13.8 Å². The Morgan fingerprint density at radius 3 is 2.38 bits per heavy atom. The van der Waals surface area contributed by atoms with Gasteiger partial charge in [0.25, 0.3) is 0 Å². The van der Waals surface area contributed by atoms with Crippen molar-refractivity contribution in [2.24, 2.45) is 0 Å². The van der Waals surface area contributed by atoms with Crippen molar-refractivity contribution >= 4 is 23.1 Å². The fourth-order valence-electron chi connectivity index (χ4n) is 4.63. The molecule has 2 aliphatic rings. The summed E-state index contributed by atoms with van der Waals surface area (Å²) in [6.45, 7) is 3.93. The maximum Gasteiger partial charge on any atom is 0.343 e. The second-order valence-electron chi connectivity index (χ2n) is 7.98. The first-order chi connectivity index (χ1) is 13.9. The van der Waals surface area contributed by atoms with Crippen LogP contribution in [0.2, 0.25) is 5.02 Å². The summed E-state index contributed by atoms with van der Waals surface area (Å²) in [5, 5.41) is 11.8. The molecule has 0 radical (unpaired) electrons. The zero-order chi connectivity index (χ0) is 20.8. The monoisotopic (exact) mass is 412 g/mol. The van der Waals surface area contributed by atoms with Gasteiger partial charge in [-0.05, 0) is 79.5 Å². The second-order valence-corrected chi connectivity index (χ2v) is 8.42. The van der Waals surface area contributed by atoms with Gasteiger partial charge in [-0.2, -0.15) is 0 Å². The van der Waals surface area contributed by atoms with E-state index in [1.165, 1.54) is 0 Å². The smallest absolute Gasteiger partial charge is 0.343 e. The Kier molecular flexibility index (Phi) is 5.18. The molecule has 1 spiro atoms. The Balaban J connectivity index is 1.80. The van der Waals surface area contributed by atoms with Crippen molar-refractivity contribution in [2.75, 3.05) is 7.11 Å². The zero-order valence-corrected chi connectivity index (χ0v) is 17.7. The van der Waals surface area contributed by atoms with Crippen molar-refractivity contribution in [3.63, 3.8) is 0 Å². The first-order valence-electron chi connectivity index (χ1n) is 9.92. The van der Waals surface area contributed by atoms with Gasteiger partial charge < -0.3 is 14.6 Å². The van der Waals surface area contributed by atoms with Crippen LogP contribution in [-0.2, 0) is 14.3 Å². The predicted octanol–water partition coefficient (Wildman–Crippen LogP) is 5.78. The van der Waals surface area contributed by atoms with E-state index in [0.717, 1.165) is 40.7 Å². The standard InChI is InChI=1S/C24H25ClO4/c1-14-4-9-19(16-5-7-17(25)8-6-16)15(2)20(14)21-22(26)24(29-23(21)27)12-10-18(28-3)11-13-24/h4-9,18,26H,10-13H2,1-3H3. The highest BCUT2D eigenvalue weighted by atomic mass is 35.5. The van der Waals surface area contributed by atoms with Crippen molar-refractivity contribution in [1.82, 2.24) is 0 Å². The Bertz CT molecular complexity index is 983. The molecule has 0 bridgehead atoms. The lowest BCUT2D eigenvalue weighted by Gasteiger charge is -2.35. The molecule has 1 saturated carbocycles. The molecule has 2 aromatic carbocycles. The number of hydrogen-bond acceptors (Lipinski definition) is 4. The summed E-state index contributed by atoms with van der Waals surface area (Å²) in [5.74, 6) is -0.380. The van der Waals surface area contributed by atoms with Crippen molar-refractivity contribution in [3.8, 4) is 11.1 Å². The molecule has 0 aromatic heterocycles. The molecule has 0 amide bonds. The quantitative estimate of drug-likeness (QED) is 0.649. The molecule has 1 aliphatic heterocycles. The number of aliphatic hydroxyl groups is 1. The van der Waals surface area contributed by atoms with Crippen LogP contribution < -0.4 is 0 Å². The summed E-state index contributed by atoms with van der Waals surface area (Å²) in [6, 6.07) is 11.6. The van der Waals surface area contributed by atoms with Crippen LogP contribution >= 0.6 is 11.6 Å². The summed E-state index contributed by atoms with van der Waals surface area (Å²) in [5.41, 5.74) is 4.01. The molecule has 1 aliphatic carbocycles. The second kappa shape index (κ2) is 7.51. The van der Waals surface area contributed by atoms with Crippen molar-refractivity contribution < 1.29 is 19.4 Å². The van der Waals surface area contributed by atoms with Crippen molar-refractivity contribution in [3.05, 3.63) is 63.9 Å². The number of benzene rings is 2. The number of carbonyl (C=O) groups excluding carboxylic acids is 1. The lowest BCUT2D eigenvalue weighted by Crippen LogP contribution is -2.38. The van der Waals surface area contributed by atoms with Gasteiger partial charge in [0.1, 0.15) is 5.57 Å². The SMILES string of the molecule is COC1CCC2(CC1)OC(=O)C(c1c(C)ccc(-c3ccc(Cl)cc3)c1C)=C2O. The average molecular weight is 413 g/mol. The van der Waals surface area contributed by atoms with E-state index < -0.39 is 11.6 Å². The van der Waals surface area contributed by atoms with Gasteiger partial charge >= 0.3 is 5.97 Å². The Morgan fingerprint density at radius 1 is 1.10 bits per heavy atom. The first kappa shape index (κ1) is 20.0. The van der Waals surface area contributed by atoms with Crippen LogP contribution in [0.1, 0.15) is 42.4 Å². The number of aryl methyl sites for hydroxylation is 1. The number of hydrogen-bond donors (Lipinski definition) is 1. The maximum absolute atomic E-state index is 12.9. The minimum atomic E-state index is -0.920. The van der Waals surface area contributed by atoms with Gasteiger partial charge in [-0.15, -0.1) is 0 Å². The molecule has 0 unspecified atom stereocenters. The summed E-state index contributed by atoms with van der Waals surface area (Å²) in [4.78, 5) is 12.9. The van der Waals surface area contributed by atoms with Crippen LogP contribution in [0.15, 0.2) is 42.2 Å². The lowest BCUT2D eigenvalue weighted by molar-refractivity contribution is -0.151. The largest absolute Gasteiger partial charge is 0.507 e. The number of methoxy groups -OCH3 is 1. The highest BCUT2D eigenvalue weighted by molar-refractivity contribution is 6.30. The third-order valence-corrected chi connectivity index (χ3v) is 6.56. The third kappa shape index (κ3) is 3.34. The molecule has 1 fully saturated rings. The van der Waals surface area contributed by atoms with Gasteiger partial charge in [0, 0.05) is 12.1 Å². The van der Waals surface area contributed by atoms with Crippen molar-refractivity contribution in [2.45, 2.75) is 51.2 Å². The molecule has 5 heteroatoms. The van der Waals surface area contributed by atoms with Crippen LogP contribution in [0.3, 0.4) is 0 Å². The molecule has 4 rings (SSSR count). The minimum absolute atomic E-state index is 0.0662. The highest BCUT2D eigenvalue weighted by Gasteiger charge is 2.51. The van der Waals surface area contributed by atoms with E-state index in [0.29, 0.717) is 23.4 Å². The average Bonchev–Trinajstić information content (AvgIpc) is 2.94. The molecule has 152 valence electrons. The number of ether oxygens (including phenoxy) is 2. The maximum atomic E-state index is 12.9.